The predicted octanol–water partition coefficient (Wildman–Crippen LogP) is -4.61. The van der Waals surface area contributed by atoms with Gasteiger partial charge in [0.05, 0.1) is 0 Å². The van der Waals surface area contributed by atoms with Crippen molar-refractivity contribution in [2.24, 2.45) is 0 Å². The Bertz CT molecular complexity index is 107. The maximum atomic E-state index is 2.59. The topological polar surface area (TPSA) is 0 Å². The number of hydrogen-bond acceptors (Lipinski definition) is 0. The molecule has 0 saturated carbocycles. The summed E-state index contributed by atoms with van der Waals surface area (Å²) in [4.78, 5) is 0. The Morgan fingerprint density at radius 2 is 2.00 bits per heavy atom. The van der Waals surface area contributed by atoms with E-state index in [1.807, 2.05) is 0 Å². The Kier molecular flexibility index (Phi) is 9.14. The van der Waals surface area contributed by atoms with Gasteiger partial charge in [0.2, 0.25) is 0 Å². The van der Waals surface area contributed by atoms with E-state index in [-0.39, 0.29) is 34.0 Å². The first-order chi connectivity index (χ1) is 2.89. The Labute approximate surface area is 80.6 Å². The molecule has 0 aromatic heterocycles. The average Bonchev–Trinajstić information content (AvgIpc) is 1.86. The summed E-state index contributed by atoms with van der Waals surface area (Å²) in [6, 6.07) is 0. The van der Waals surface area contributed by atoms with E-state index >= 15 is 0 Å². The number of hydrogen-bond donors (Lipinski definition) is 0. The van der Waals surface area contributed by atoms with Gasteiger partial charge in [0.15, 0.2) is 0 Å². The molecule has 3 heteroatoms. The first-order valence-corrected chi connectivity index (χ1v) is 2.76. The summed E-state index contributed by atoms with van der Waals surface area (Å²) in [6.45, 7) is 0. The van der Waals surface area contributed by atoms with E-state index in [1.54, 1.807) is 0 Å². The second kappa shape index (κ2) is 6.19. The van der Waals surface area contributed by atoms with Gasteiger partial charge in [-0.15, -0.1) is 0 Å². The molecular weight excluding hydrogens is 321 g/mol. The number of allylic oxidation sites excluding steroid dienone is 4. The molecule has 0 unspecified atom stereocenters. The van der Waals surface area contributed by atoms with E-state index in [0.29, 0.717) is 0 Å². The van der Waals surface area contributed by atoms with Crippen molar-refractivity contribution in [3.8, 4) is 0 Å². The van der Waals surface area contributed by atoms with Crippen molar-refractivity contribution in [3.63, 3.8) is 0 Å². The van der Waals surface area contributed by atoms with Crippen molar-refractivity contribution in [1.82, 2.24) is 0 Å². The Hall–Kier alpha value is 1.06. The molecule has 0 N–H and O–H groups in total. The van der Waals surface area contributed by atoms with Crippen LogP contribution in [-0.4, -0.2) is 0 Å². The Morgan fingerprint density at radius 1 is 1.38 bits per heavy atom. The molecule has 0 radical (unpaired) electrons. The fourth-order valence-electron chi connectivity index (χ4n) is 0.416. The van der Waals surface area contributed by atoms with Crippen LogP contribution in [0, 0.1) is 0 Å². The van der Waals surface area contributed by atoms with Crippen LogP contribution in [0.25, 0.3) is 0 Å². The van der Waals surface area contributed by atoms with Crippen LogP contribution in [0.15, 0.2) is 22.4 Å². The molecule has 0 aliphatic heterocycles. The molecule has 0 fully saturated rings. The van der Waals surface area contributed by atoms with Crippen molar-refractivity contribution in [2.75, 3.05) is 0 Å². The SMILES string of the molecule is [Br-].[Br-].[Ru+2][C]1=CC=CC1. The van der Waals surface area contributed by atoms with Crippen molar-refractivity contribution < 1.29 is 52.3 Å². The number of rotatable bonds is 0. The molecule has 1 aliphatic rings. The van der Waals surface area contributed by atoms with E-state index in [2.05, 4.69) is 36.5 Å². The van der Waals surface area contributed by atoms with Gasteiger partial charge in [0, 0.05) is 0 Å². The Balaban J connectivity index is 0. The molecule has 1 rings (SSSR count). The van der Waals surface area contributed by atoms with Gasteiger partial charge in [-0.05, 0) is 0 Å². The summed E-state index contributed by atoms with van der Waals surface area (Å²) in [5.74, 6) is 0. The van der Waals surface area contributed by atoms with Crippen molar-refractivity contribution in [3.05, 3.63) is 22.4 Å². The molecule has 0 spiro atoms. The zero-order chi connectivity index (χ0) is 4.41. The monoisotopic (exact) mass is 325 g/mol. The maximum absolute atomic E-state index is 2.59. The molecule has 47 valence electrons. The molecule has 1 aliphatic carbocycles. The van der Waals surface area contributed by atoms with Gasteiger partial charge in [-0.1, -0.05) is 0 Å². The van der Waals surface area contributed by atoms with E-state index < -0.39 is 0 Å². The van der Waals surface area contributed by atoms with Crippen molar-refractivity contribution in [2.45, 2.75) is 6.42 Å². The first-order valence-electron chi connectivity index (χ1n) is 1.89. The summed E-state index contributed by atoms with van der Waals surface area (Å²) in [5.41, 5.74) is 0. The van der Waals surface area contributed by atoms with Gasteiger partial charge in [-0.3, -0.25) is 0 Å². The summed E-state index contributed by atoms with van der Waals surface area (Å²) < 4.78 is 1.40. The van der Waals surface area contributed by atoms with E-state index in [1.165, 1.54) is 4.17 Å². The minimum absolute atomic E-state index is 0. The average molecular weight is 326 g/mol. The van der Waals surface area contributed by atoms with E-state index in [9.17, 15) is 0 Å². The van der Waals surface area contributed by atoms with Crippen molar-refractivity contribution >= 4 is 0 Å². The Morgan fingerprint density at radius 3 is 2.12 bits per heavy atom. The third-order valence-corrected chi connectivity index (χ3v) is 1.36. The molecule has 0 aromatic rings. The summed E-state index contributed by atoms with van der Waals surface area (Å²) in [5, 5.41) is 0. The molecule has 0 heterocycles. The normalized spacial score (nSPS) is 13.8. The van der Waals surface area contributed by atoms with Crippen LogP contribution in [0.3, 0.4) is 0 Å². The zero-order valence-corrected chi connectivity index (χ0v) is 8.96. The van der Waals surface area contributed by atoms with Gasteiger partial charge in [0.25, 0.3) is 0 Å². The standard InChI is InChI=1S/C5H5.2BrH.Ru/c1-2-4-5-3-1;;;/h1-3H,4H2;2*1H;/q;;;+2/p-2. The predicted molar refractivity (Wildman–Crippen MR) is 21.8 cm³/mol. The van der Waals surface area contributed by atoms with Crippen LogP contribution in [0.1, 0.15) is 6.42 Å². The first kappa shape index (κ1) is 11.8. The van der Waals surface area contributed by atoms with Gasteiger partial charge in [-0.2, -0.15) is 0 Å². The summed E-state index contributed by atoms with van der Waals surface area (Å²) in [7, 11) is 0. The zero-order valence-electron chi connectivity index (χ0n) is 4.05. The van der Waals surface area contributed by atoms with Crippen LogP contribution < -0.4 is 34.0 Å². The van der Waals surface area contributed by atoms with Gasteiger partial charge < -0.3 is 34.0 Å². The molecule has 0 nitrogen and oxygen atoms in total. The molecule has 8 heavy (non-hydrogen) atoms. The number of halogens is 2. The summed E-state index contributed by atoms with van der Waals surface area (Å²) in [6.07, 6.45) is 7.46. The van der Waals surface area contributed by atoms with Gasteiger partial charge in [0.1, 0.15) is 0 Å². The van der Waals surface area contributed by atoms with Crippen LogP contribution in [0.2, 0.25) is 0 Å². The summed E-state index contributed by atoms with van der Waals surface area (Å²) >= 11 is 2.59. The van der Waals surface area contributed by atoms with E-state index in [4.69, 9.17) is 0 Å². The van der Waals surface area contributed by atoms with Crippen LogP contribution in [0.4, 0.5) is 0 Å². The molecule has 0 saturated heterocycles. The quantitative estimate of drug-likeness (QED) is 0.393. The van der Waals surface area contributed by atoms with Gasteiger partial charge in [-0.25, -0.2) is 0 Å². The molecule has 0 bridgehead atoms. The van der Waals surface area contributed by atoms with Crippen molar-refractivity contribution in [1.29, 1.82) is 0 Å². The van der Waals surface area contributed by atoms with Crippen LogP contribution in [-0.2, 0) is 18.3 Å². The second-order valence-corrected chi connectivity index (χ2v) is 2.35. The fraction of sp³-hybridized carbons (Fsp3) is 0.200. The fourth-order valence-corrected chi connectivity index (χ4v) is 0.788. The third-order valence-electron chi connectivity index (χ3n) is 0.717. The minimum atomic E-state index is 0. The van der Waals surface area contributed by atoms with Crippen LogP contribution in [0.5, 0.6) is 0 Å². The van der Waals surface area contributed by atoms with Crippen LogP contribution >= 0.6 is 0 Å². The third kappa shape index (κ3) is 3.99. The van der Waals surface area contributed by atoms with E-state index in [0.717, 1.165) is 6.42 Å². The molecule has 0 aromatic carbocycles. The molecular formula is C5H5Br2Ru. The molecule has 0 amide bonds. The van der Waals surface area contributed by atoms with Gasteiger partial charge >= 0.3 is 47.1 Å². The second-order valence-electron chi connectivity index (χ2n) is 1.23. The molecule has 0 atom stereocenters.